The van der Waals surface area contributed by atoms with Gasteiger partial charge in [0.2, 0.25) is 0 Å². The van der Waals surface area contributed by atoms with E-state index in [4.69, 9.17) is 4.98 Å². The molecule has 2 aliphatic heterocycles. The number of nitrogens with zero attached hydrogens (tertiary/aromatic N) is 3. The Morgan fingerprint density at radius 1 is 0.909 bits per heavy atom. The first-order chi connectivity index (χ1) is 9.90. The van der Waals surface area contributed by atoms with Crippen LogP contribution in [0.2, 0.25) is 0 Å². The lowest BCUT2D eigenvalue weighted by atomic mass is 9.99. The van der Waals surface area contributed by atoms with Gasteiger partial charge >= 0.3 is 0 Å². The van der Waals surface area contributed by atoms with E-state index in [1.54, 1.807) is 0 Å². The van der Waals surface area contributed by atoms with E-state index in [1.807, 2.05) is 0 Å². The van der Waals surface area contributed by atoms with Gasteiger partial charge in [0.25, 0.3) is 0 Å². The maximum atomic E-state index is 4.84. The molecule has 1 atom stereocenters. The monoisotopic (exact) mass is 339 g/mol. The Hall–Kier alpha value is -1.03. The minimum absolute atomic E-state index is 0. The molecule has 0 bridgehead atoms. The zero-order valence-corrected chi connectivity index (χ0v) is 14.3. The van der Waals surface area contributed by atoms with Gasteiger partial charge in [0.1, 0.15) is 5.82 Å². The van der Waals surface area contributed by atoms with Crippen molar-refractivity contribution in [2.24, 2.45) is 0 Å². The van der Waals surface area contributed by atoms with Crippen LogP contribution in [0.3, 0.4) is 0 Å². The number of aromatic nitrogens is 1. The average molecular weight is 340 g/mol. The van der Waals surface area contributed by atoms with Gasteiger partial charge in [0, 0.05) is 31.1 Å². The second-order valence-corrected chi connectivity index (χ2v) is 5.99. The number of piperazine rings is 1. The summed E-state index contributed by atoms with van der Waals surface area (Å²) in [6.07, 6.45) is 4.12. The second-order valence-electron chi connectivity index (χ2n) is 5.99. The van der Waals surface area contributed by atoms with Crippen molar-refractivity contribution >= 4 is 41.5 Å². The first kappa shape index (κ1) is 17.3. The van der Waals surface area contributed by atoms with Gasteiger partial charge in [-0.05, 0) is 37.6 Å². The predicted molar refractivity (Wildman–Crippen MR) is 97.7 cm³/mol. The second kappa shape index (κ2) is 7.49. The first-order valence-corrected chi connectivity index (χ1v) is 7.75. The molecule has 0 amide bonds. The largest absolute Gasteiger partial charge is 0.354 e. The van der Waals surface area contributed by atoms with E-state index in [0.29, 0.717) is 0 Å². The van der Waals surface area contributed by atoms with Crippen LogP contribution < -0.4 is 4.90 Å². The molecule has 0 spiro atoms. The summed E-state index contributed by atoms with van der Waals surface area (Å²) in [6.45, 7) is 4.75. The third-order valence-electron chi connectivity index (χ3n) is 4.75. The van der Waals surface area contributed by atoms with Crippen LogP contribution in [0.25, 0.3) is 10.9 Å². The molecule has 0 N–H and O–H groups in total. The molecule has 5 heteroatoms. The lowest BCUT2D eigenvalue weighted by molar-refractivity contribution is 0.133. The highest BCUT2D eigenvalue weighted by molar-refractivity contribution is 5.85. The summed E-state index contributed by atoms with van der Waals surface area (Å²) < 4.78 is 0. The van der Waals surface area contributed by atoms with Crippen molar-refractivity contribution in [2.45, 2.75) is 25.3 Å². The van der Waals surface area contributed by atoms with Crippen molar-refractivity contribution in [1.29, 1.82) is 0 Å². The molecule has 3 heterocycles. The number of benzene rings is 1. The normalized spacial score (nSPS) is 21.6. The van der Waals surface area contributed by atoms with Gasteiger partial charge in [-0.2, -0.15) is 0 Å². The quantitative estimate of drug-likeness (QED) is 0.788. The molecule has 0 radical (unpaired) electrons. The Morgan fingerprint density at radius 2 is 1.77 bits per heavy atom. The van der Waals surface area contributed by atoms with E-state index < -0.39 is 0 Å². The Bertz CT molecular complexity index is 620. The van der Waals surface area contributed by atoms with Gasteiger partial charge in [0.05, 0.1) is 5.52 Å². The third kappa shape index (κ3) is 3.32. The molecule has 22 heavy (non-hydrogen) atoms. The number of hydrogen-bond acceptors (Lipinski definition) is 3. The minimum atomic E-state index is 0. The molecule has 2 saturated heterocycles. The summed E-state index contributed by atoms with van der Waals surface area (Å²) in [4.78, 5) is 9.98. The lowest BCUT2D eigenvalue weighted by Gasteiger charge is -2.44. The van der Waals surface area contributed by atoms with Crippen LogP contribution in [0.1, 0.15) is 19.3 Å². The summed E-state index contributed by atoms with van der Waals surface area (Å²) >= 11 is 0. The standard InChI is InChI=1S/C17H21N3.2ClH/c1-2-7-16-14(5-1)8-9-17(18-16)20-12-11-19-10-4-3-6-15(19)13-20;;/h1-2,5,7-9,15H,3-4,6,10-13H2;2*1H/t15-;;/m1../s1. The van der Waals surface area contributed by atoms with Gasteiger partial charge in [-0.25, -0.2) is 4.98 Å². The number of halogens is 2. The van der Waals surface area contributed by atoms with Gasteiger partial charge < -0.3 is 4.90 Å². The van der Waals surface area contributed by atoms with Crippen LogP contribution in [0.15, 0.2) is 36.4 Å². The maximum absolute atomic E-state index is 4.84. The molecule has 3 nitrogen and oxygen atoms in total. The average Bonchev–Trinajstić information content (AvgIpc) is 2.54. The molecule has 2 aliphatic rings. The van der Waals surface area contributed by atoms with Crippen LogP contribution >= 0.6 is 24.8 Å². The first-order valence-electron chi connectivity index (χ1n) is 7.75. The van der Waals surface area contributed by atoms with Gasteiger partial charge in [0.15, 0.2) is 0 Å². The van der Waals surface area contributed by atoms with Crippen molar-refractivity contribution in [2.75, 3.05) is 31.1 Å². The molecule has 120 valence electrons. The third-order valence-corrected chi connectivity index (χ3v) is 4.75. The van der Waals surface area contributed by atoms with Gasteiger partial charge in [-0.1, -0.05) is 24.6 Å². The Kier molecular flexibility index (Phi) is 5.90. The predicted octanol–water partition coefficient (Wildman–Crippen LogP) is 3.75. The van der Waals surface area contributed by atoms with Crippen molar-refractivity contribution in [3.8, 4) is 0 Å². The van der Waals surface area contributed by atoms with E-state index in [0.717, 1.165) is 30.5 Å². The zero-order chi connectivity index (χ0) is 13.4. The Morgan fingerprint density at radius 3 is 2.68 bits per heavy atom. The van der Waals surface area contributed by atoms with Crippen LogP contribution in [-0.4, -0.2) is 42.1 Å². The van der Waals surface area contributed by atoms with Crippen LogP contribution in [-0.2, 0) is 0 Å². The number of anilines is 1. The number of hydrogen-bond donors (Lipinski definition) is 0. The molecule has 0 unspecified atom stereocenters. The van der Waals surface area contributed by atoms with Gasteiger partial charge in [-0.3, -0.25) is 4.90 Å². The molecule has 1 aromatic heterocycles. The fraction of sp³-hybridized carbons (Fsp3) is 0.471. The van der Waals surface area contributed by atoms with Crippen LogP contribution in [0, 0.1) is 0 Å². The van der Waals surface area contributed by atoms with E-state index in [1.165, 1.54) is 37.7 Å². The Balaban J connectivity index is 0.000000882. The fourth-order valence-electron chi connectivity index (χ4n) is 3.60. The van der Waals surface area contributed by atoms with Crippen LogP contribution in [0.4, 0.5) is 5.82 Å². The number of rotatable bonds is 1. The number of para-hydroxylation sites is 1. The summed E-state index contributed by atoms with van der Waals surface area (Å²) in [6, 6.07) is 13.5. The topological polar surface area (TPSA) is 19.4 Å². The van der Waals surface area contributed by atoms with Crippen molar-refractivity contribution in [3.63, 3.8) is 0 Å². The number of pyridine rings is 1. The number of fused-ring (bicyclic) bond motifs is 2. The molecular formula is C17H23Cl2N3. The molecule has 0 saturated carbocycles. The van der Waals surface area contributed by atoms with Crippen molar-refractivity contribution in [3.05, 3.63) is 36.4 Å². The summed E-state index contributed by atoms with van der Waals surface area (Å²) in [5, 5.41) is 1.23. The minimum Gasteiger partial charge on any atom is -0.354 e. The fourth-order valence-corrected chi connectivity index (χ4v) is 3.60. The molecule has 0 aliphatic carbocycles. The SMILES string of the molecule is Cl.Cl.c1ccc2nc(N3CCN4CCCC[C@@H]4C3)ccc2c1. The summed E-state index contributed by atoms with van der Waals surface area (Å²) in [5.74, 6) is 1.15. The van der Waals surface area contributed by atoms with E-state index in [-0.39, 0.29) is 24.8 Å². The molecule has 2 fully saturated rings. The highest BCUT2D eigenvalue weighted by Crippen LogP contribution is 2.25. The van der Waals surface area contributed by atoms with Gasteiger partial charge in [-0.15, -0.1) is 24.8 Å². The highest BCUT2D eigenvalue weighted by Gasteiger charge is 2.29. The van der Waals surface area contributed by atoms with E-state index in [2.05, 4.69) is 46.2 Å². The maximum Gasteiger partial charge on any atom is 0.129 e. The lowest BCUT2D eigenvalue weighted by Crippen LogP contribution is -2.55. The van der Waals surface area contributed by atoms with Crippen molar-refractivity contribution in [1.82, 2.24) is 9.88 Å². The molecule has 2 aromatic rings. The molecule has 1 aromatic carbocycles. The van der Waals surface area contributed by atoms with E-state index in [9.17, 15) is 0 Å². The summed E-state index contributed by atoms with van der Waals surface area (Å²) in [5.41, 5.74) is 1.11. The smallest absolute Gasteiger partial charge is 0.129 e. The molecule has 4 rings (SSSR count). The highest BCUT2D eigenvalue weighted by atomic mass is 35.5. The summed E-state index contributed by atoms with van der Waals surface area (Å²) in [7, 11) is 0. The van der Waals surface area contributed by atoms with Crippen LogP contribution in [0.5, 0.6) is 0 Å². The van der Waals surface area contributed by atoms with E-state index >= 15 is 0 Å². The van der Waals surface area contributed by atoms with Crippen molar-refractivity contribution < 1.29 is 0 Å². The zero-order valence-electron chi connectivity index (χ0n) is 12.6. The molecular weight excluding hydrogens is 317 g/mol. The number of piperidine rings is 1. The Labute approximate surface area is 144 Å².